The highest BCUT2D eigenvalue weighted by molar-refractivity contribution is 7.12. The van der Waals surface area contributed by atoms with E-state index in [1.165, 1.54) is 33.6 Å². The Labute approximate surface area is 178 Å². The van der Waals surface area contributed by atoms with E-state index in [9.17, 15) is 0 Å². The summed E-state index contributed by atoms with van der Waals surface area (Å²) in [5, 5.41) is 0. The first-order valence-corrected chi connectivity index (χ1v) is 11.9. The molecule has 0 radical (unpaired) electrons. The van der Waals surface area contributed by atoms with Gasteiger partial charge in [0.15, 0.2) is 0 Å². The average molecular weight is 409 g/mol. The van der Waals surface area contributed by atoms with Crippen molar-refractivity contribution in [1.29, 1.82) is 0 Å². The molecule has 0 saturated heterocycles. The van der Waals surface area contributed by atoms with Crippen LogP contribution in [0.15, 0.2) is 48.8 Å². The number of rotatable bonds is 6. The van der Waals surface area contributed by atoms with Crippen molar-refractivity contribution < 1.29 is 8.66 Å². The Morgan fingerprint density at radius 1 is 0.517 bits per heavy atom. The molecule has 0 spiro atoms. The fourth-order valence-electron chi connectivity index (χ4n) is 4.14. The smallest absolute Gasteiger partial charge is 0.102 e. The molecular formula is C26H37N2P+2. The molecule has 154 valence electrons. The molecule has 3 heteroatoms. The van der Waals surface area contributed by atoms with E-state index >= 15 is 0 Å². The van der Waals surface area contributed by atoms with E-state index in [0.29, 0.717) is 32.2 Å². The molecule has 0 aliphatic rings. The highest BCUT2D eigenvalue weighted by atomic mass is 31.1. The number of aromatic nitrogens is 2. The number of hydrogen-bond acceptors (Lipinski definition) is 0. The Hall–Kier alpha value is -1.92. The van der Waals surface area contributed by atoms with Gasteiger partial charge in [0, 0.05) is 22.3 Å². The van der Waals surface area contributed by atoms with Crippen molar-refractivity contribution in [1.82, 2.24) is 0 Å². The van der Waals surface area contributed by atoms with E-state index in [1.807, 2.05) is 0 Å². The monoisotopic (exact) mass is 408 g/mol. The van der Waals surface area contributed by atoms with E-state index in [4.69, 9.17) is 0 Å². The maximum absolute atomic E-state index is 2.48. The van der Waals surface area contributed by atoms with Crippen molar-refractivity contribution in [3.8, 4) is 11.4 Å². The van der Waals surface area contributed by atoms with Crippen LogP contribution in [0.3, 0.4) is 0 Å². The molecule has 2 aromatic carbocycles. The first-order chi connectivity index (χ1) is 13.7. The average Bonchev–Trinajstić information content (AvgIpc) is 3.15. The first-order valence-electron chi connectivity index (χ1n) is 11.0. The van der Waals surface area contributed by atoms with Gasteiger partial charge in [0.1, 0.15) is 0 Å². The topological polar surface area (TPSA) is 7.76 Å². The first kappa shape index (κ1) is 21.8. The number of benzene rings is 2. The zero-order valence-electron chi connectivity index (χ0n) is 19.3. The van der Waals surface area contributed by atoms with Gasteiger partial charge in [0.25, 0.3) is 0 Å². The van der Waals surface area contributed by atoms with Crippen molar-refractivity contribution >= 4 is 8.51 Å². The van der Waals surface area contributed by atoms with Gasteiger partial charge in [0.2, 0.25) is 23.8 Å². The third-order valence-electron chi connectivity index (χ3n) is 5.75. The van der Waals surface area contributed by atoms with Gasteiger partial charge in [-0.2, -0.15) is 0 Å². The molecule has 0 aliphatic heterocycles. The summed E-state index contributed by atoms with van der Waals surface area (Å²) >= 11 is 0. The second-order valence-electron chi connectivity index (χ2n) is 9.33. The lowest BCUT2D eigenvalue weighted by Crippen LogP contribution is -2.32. The summed E-state index contributed by atoms with van der Waals surface area (Å²) in [6.07, 6.45) is 4.57. The lowest BCUT2D eigenvalue weighted by molar-refractivity contribution is -0.563. The van der Waals surface area contributed by atoms with E-state index in [-0.39, 0.29) is 0 Å². The fourth-order valence-corrected chi connectivity index (χ4v) is 5.36. The van der Waals surface area contributed by atoms with Crippen molar-refractivity contribution in [3.63, 3.8) is 0 Å². The van der Waals surface area contributed by atoms with Crippen LogP contribution in [0.25, 0.3) is 11.4 Å². The molecule has 0 bridgehead atoms. The molecule has 0 unspecified atom stereocenters. The Balaban J connectivity index is 2.23. The summed E-state index contributed by atoms with van der Waals surface area (Å²) in [5.74, 6) is 2.02. The van der Waals surface area contributed by atoms with Crippen molar-refractivity contribution in [3.05, 3.63) is 71.0 Å². The largest absolute Gasteiger partial charge is 0.399 e. The van der Waals surface area contributed by atoms with Gasteiger partial charge in [-0.15, -0.1) is 8.66 Å². The minimum absolute atomic E-state index is 0.505. The number of hydrogen-bond donors (Lipinski definition) is 0. The van der Waals surface area contributed by atoms with Crippen LogP contribution in [0.4, 0.5) is 0 Å². The molecule has 0 N–H and O–H groups in total. The summed E-state index contributed by atoms with van der Waals surface area (Å²) < 4.78 is 4.96. The van der Waals surface area contributed by atoms with Crippen LogP contribution in [-0.4, -0.2) is 0 Å². The lowest BCUT2D eigenvalue weighted by Gasteiger charge is -2.13. The maximum atomic E-state index is 2.48. The fraction of sp³-hybridized carbons (Fsp3) is 0.462. The zero-order valence-corrected chi connectivity index (χ0v) is 20.3. The Morgan fingerprint density at radius 3 is 1.03 bits per heavy atom. The molecular weight excluding hydrogens is 371 g/mol. The SMILES string of the molecule is CC(C)c1cccc(C(C)C)c1-[n+]1cc[n+](-c2c(C(C)C)cccc2C(C)C)[pH]1. The number of nitrogens with zero attached hydrogens (tertiary/aromatic N) is 2. The zero-order chi connectivity index (χ0) is 21.3. The summed E-state index contributed by atoms with van der Waals surface area (Å²) in [5.41, 5.74) is 8.58. The molecule has 3 aromatic rings. The second kappa shape index (κ2) is 8.84. The third kappa shape index (κ3) is 4.33. The van der Waals surface area contributed by atoms with Gasteiger partial charge in [0.05, 0.1) is 0 Å². The van der Waals surface area contributed by atoms with Gasteiger partial charge in [-0.1, -0.05) is 91.8 Å². The predicted molar refractivity (Wildman–Crippen MR) is 125 cm³/mol. The van der Waals surface area contributed by atoms with Gasteiger partial charge in [-0.05, 0) is 23.7 Å². The van der Waals surface area contributed by atoms with E-state index < -0.39 is 0 Å². The van der Waals surface area contributed by atoms with Crippen LogP contribution in [0.1, 0.15) is 101 Å². The second-order valence-corrected chi connectivity index (χ2v) is 10.5. The van der Waals surface area contributed by atoms with Crippen LogP contribution in [-0.2, 0) is 0 Å². The molecule has 0 atom stereocenters. The summed E-state index contributed by atoms with van der Waals surface area (Å²) in [6.45, 7) is 18.4. The Kier molecular flexibility index (Phi) is 6.64. The molecule has 1 heterocycles. The van der Waals surface area contributed by atoms with Crippen molar-refractivity contribution in [2.75, 3.05) is 0 Å². The summed E-state index contributed by atoms with van der Waals surface area (Å²) in [4.78, 5) is 0. The third-order valence-corrected chi connectivity index (χ3v) is 6.92. The van der Waals surface area contributed by atoms with E-state index in [2.05, 4.69) is 113 Å². The Morgan fingerprint density at radius 2 is 0.793 bits per heavy atom. The molecule has 3 rings (SSSR count). The normalized spacial score (nSPS) is 12.0. The minimum Gasteiger partial charge on any atom is -0.102 e. The van der Waals surface area contributed by atoms with Gasteiger partial charge in [-0.25, -0.2) is 0 Å². The standard InChI is InChI=1S/C26H37N2P/c1-17(2)21-11-9-12-22(18(3)4)25(21)27-15-16-28(29-27)26-23(19(5)6)13-10-14-24(26)20(7)8/h9-20,29H,1-8H3/q+2. The minimum atomic E-state index is 0.505. The molecule has 29 heavy (non-hydrogen) atoms. The van der Waals surface area contributed by atoms with E-state index in [0.717, 1.165) is 0 Å². The summed E-state index contributed by atoms with van der Waals surface area (Å²) in [6, 6.07) is 13.6. The summed E-state index contributed by atoms with van der Waals surface area (Å²) in [7, 11) is 0.558. The van der Waals surface area contributed by atoms with Crippen LogP contribution < -0.4 is 8.66 Å². The van der Waals surface area contributed by atoms with Crippen LogP contribution in [0.5, 0.6) is 0 Å². The number of para-hydroxylation sites is 2. The molecule has 0 saturated carbocycles. The molecule has 1 aromatic heterocycles. The molecule has 0 fully saturated rings. The highest BCUT2D eigenvalue weighted by Crippen LogP contribution is 2.30. The van der Waals surface area contributed by atoms with Crippen molar-refractivity contribution in [2.45, 2.75) is 79.1 Å². The van der Waals surface area contributed by atoms with Crippen LogP contribution in [0.2, 0.25) is 0 Å². The molecule has 0 aliphatic carbocycles. The lowest BCUT2D eigenvalue weighted by atomic mass is 9.93. The van der Waals surface area contributed by atoms with Gasteiger partial charge < -0.3 is 0 Å². The van der Waals surface area contributed by atoms with Gasteiger partial charge >= 0.3 is 8.51 Å². The highest BCUT2D eigenvalue weighted by Gasteiger charge is 2.29. The van der Waals surface area contributed by atoms with Gasteiger partial charge in [-0.3, -0.25) is 0 Å². The predicted octanol–water partition coefficient (Wildman–Crippen LogP) is 6.76. The van der Waals surface area contributed by atoms with Crippen molar-refractivity contribution in [2.24, 2.45) is 0 Å². The maximum Gasteiger partial charge on any atom is 0.399 e. The molecule has 0 amide bonds. The van der Waals surface area contributed by atoms with Crippen LogP contribution in [0, 0.1) is 0 Å². The Bertz CT molecular complexity index is 850. The quantitative estimate of drug-likeness (QED) is 0.425. The van der Waals surface area contributed by atoms with E-state index in [1.54, 1.807) is 0 Å². The molecule has 2 nitrogen and oxygen atoms in total. The van der Waals surface area contributed by atoms with Crippen LogP contribution >= 0.6 is 8.51 Å².